The lowest BCUT2D eigenvalue weighted by Crippen LogP contribution is -2.32. The second-order valence-electron chi connectivity index (χ2n) is 9.08. The van der Waals surface area contributed by atoms with Gasteiger partial charge in [-0.1, -0.05) is 6.92 Å². The van der Waals surface area contributed by atoms with Gasteiger partial charge in [0.1, 0.15) is 0 Å². The predicted molar refractivity (Wildman–Crippen MR) is 128 cm³/mol. The van der Waals surface area contributed by atoms with Gasteiger partial charge < -0.3 is 34.3 Å². The van der Waals surface area contributed by atoms with Crippen LogP contribution in [0.3, 0.4) is 0 Å². The Morgan fingerprint density at radius 3 is 1.73 bits per heavy atom. The standard InChI is InChI=1S/C24H48N2O7/c1-7-12-26-22(28)9-14-30-19-20-33-24(4,5)11-16-32-23(2,3)10-15-31-18-17-29-13-8-21(27)25-6/h7-20H2,1-6H3,(H,25,27)(H,26,28). The van der Waals surface area contributed by atoms with Crippen LogP contribution in [0.4, 0.5) is 0 Å². The third-order valence-corrected chi connectivity index (χ3v) is 4.94. The van der Waals surface area contributed by atoms with E-state index in [1.807, 2.05) is 20.8 Å². The van der Waals surface area contributed by atoms with Crippen LogP contribution in [0.15, 0.2) is 0 Å². The summed E-state index contributed by atoms with van der Waals surface area (Å²) in [7, 11) is 1.61. The molecule has 0 aliphatic rings. The summed E-state index contributed by atoms with van der Waals surface area (Å²) in [6.07, 6.45) is 3.20. The van der Waals surface area contributed by atoms with Crippen LogP contribution >= 0.6 is 0 Å². The Bertz CT molecular complexity index is 513. The number of ether oxygens (including phenoxy) is 5. The third kappa shape index (κ3) is 21.0. The highest BCUT2D eigenvalue weighted by atomic mass is 16.5. The van der Waals surface area contributed by atoms with Gasteiger partial charge in [0, 0.05) is 33.0 Å². The van der Waals surface area contributed by atoms with E-state index in [0.29, 0.717) is 72.2 Å². The van der Waals surface area contributed by atoms with Crippen molar-refractivity contribution in [1.82, 2.24) is 10.6 Å². The molecule has 0 heterocycles. The lowest BCUT2D eigenvalue weighted by molar-refractivity contribution is -0.123. The van der Waals surface area contributed by atoms with E-state index in [-0.39, 0.29) is 23.0 Å². The van der Waals surface area contributed by atoms with Crippen molar-refractivity contribution in [2.24, 2.45) is 0 Å². The summed E-state index contributed by atoms with van der Waals surface area (Å²) in [4.78, 5) is 22.6. The maximum Gasteiger partial charge on any atom is 0.222 e. The number of amides is 2. The molecule has 9 nitrogen and oxygen atoms in total. The molecule has 0 atom stereocenters. The topological polar surface area (TPSA) is 104 Å². The number of carbonyl (C=O) groups is 2. The molecule has 9 heteroatoms. The number of carbonyl (C=O) groups excluding carboxylic acids is 2. The van der Waals surface area contributed by atoms with Crippen LogP contribution < -0.4 is 10.6 Å². The van der Waals surface area contributed by atoms with Crippen molar-refractivity contribution >= 4 is 11.8 Å². The average Bonchev–Trinajstić information content (AvgIpc) is 2.75. The molecule has 0 rings (SSSR count). The molecule has 0 aliphatic carbocycles. The minimum absolute atomic E-state index is 0.0227. The van der Waals surface area contributed by atoms with E-state index in [1.54, 1.807) is 7.05 Å². The van der Waals surface area contributed by atoms with Crippen LogP contribution in [-0.2, 0) is 33.3 Å². The number of hydrogen-bond acceptors (Lipinski definition) is 7. The van der Waals surface area contributed by atoms with Crippen molar-refractivity contribution in [2.45, 2.75) is 77.9 Å². The maximum absolute atomic E-state index is 11.5. The fourth-order valence-electron chi connectivity index (χ4n) is 2.64. The molecule has 0 aromatic heterocycles. The van der Waals surface area contributed by atoms with Gasteiger partial charge in [-0.2, -0.15) is 0 Å². The lowest BCUT2D eigenvalue weighted by atomic mass is 10.0. The highest BCUT2D eigenvalue weighted by Gasteiger charge is 2.22. The highest BCUT2D eigenvalue weighted by Crippen LogP contribution is 2.19. The van der Waals surface area contributed by atoms with Crippen LogP contribution in [0.5, 0.6) is 0 Å². The second kappa shape index (κ2) is 19.1. The molecule has 2 N–H and O–H groups in total. The van der Waals surface area contributed by atoms with Crippen molar-refractivity contribution in [2.75, 3.05) is 66.4 Å². The molecule has 0 saturated heterocycles. The van der Waals surface area contributed by atoms with Crippen LogP contribution in [0, 0.1) is 0 Å². The summed E-state index contributed by atoms with van der Waals surface area (Å²) in [5.74, 6) is -0.00480. The summed E-state index contributed by atoms with van der Waals surface area (Å²) in [5, 5.41) is 5.38. The van der Waals surface area contributed by atoms with Crippen molar-refractivity contribution in [3.63, 3.8) is 0 Å². The molecule has 33 heavy (non-hydrogen) atoms. The minimum atomic E-state index is -0.319. The second-order valence-corrected chi connectivity index (χ2v) is 9.08. The molecular formula is C24H48N2O7. The Morgan fingerprint density at radius 1 is 0.667 bits per heavy atom. The van der Waals surface area contributed by atoms with Gasteiger partial charge in [0.2, 0.25) is 11.8 Å². The Hall–Kier alpha value is -1.26. The summed E-state index contributed by atoms with van der Waals surface area (Å²) < 4.78 is 28.4. The van der Waals surface area contributed by atoms with Gasteiger partial charge in [0.25, 0.3) is 0 Å². The van der Waals surface area contributed by atoms with Crippen molar-refractivity contribution in [1.29, 1.82) is 0 Å². The van der Waals surface area contributed by atoms with Crippen LogP contribution in [0.1, 0.15) is 66.7 Å². The molecule has 0 fully saturated rings. The summed E-state index contributed by atoms with van der Waals surface area (Å²) in [6.45, 7) is 14.8. The molecular weight excluding hydrogens is 428 g/mol. The van der Waals surface area contributed by atoms with E-state index in [1.165, 1.54) is 0 Å². The Morgan fingerprint density at radius 2 is 1.15 bits per heavy atom. The summed E-state index contributed by atoms with van der Waals surface area (Å²) in [6, 6.07) is 0. The van der Waals surface area contributed by atoms with Crippen LogP contribution in [0.25, 0.3) is 0 Å². The van der Waals surface area contributed by atoms with Crippen molar-refractivity contribution < 1.29 is 33.3 Å². The van der Waals surface area contributed by atoms with E-state index in [4.69, 9.17) is 23.7 Å². The smallest absolute Gasteiger partial charge is 0.222 e. The largest absolute Gasteiger partial charge is 0.379 e. The number of hydrogen-bond donors (Lipinski definition) is 2. The molecule has 2 amide bonds. The lowest BCUT2D eigenvalue weighted by Gasteiger charge is -2.29. The Kier molecular flexibility index (Phi) is 18.4. The normalized spacial score (nSPS) is 12.1. The number of rotatable bonds is 22. The fourth-order valence-corrected chi connectivity index (χ4v) is 2.64. The van der Waals surface area contributed by atoms with Gasteiger partial charge in [0.15, 0.2) is 0 Å². The van der Waals surface area contributed by atoms with E-state index < -0.39 is 0 Å². The highest BCUT2D eigenvalue weighted by molar-refractivity contribution is 5.76. The molecule has 0 aromatic carbocycles. The molecule has 0 bridgehead atoms. The van der Waals surface area contributed by atoms with Gasteiger partial charge in [-0.15, -0.1) is 0 Å². The zero-order valence-corrected chi connectivity index (χ0v) is 21.8. The SMILES string of the molecule is CCCNC(=O)CCOCCOC(C)(C)CCOC(C)(C)CCOCCOCCC(=O)NC. The first-order valence-electron chi connectivity index (χ1n) is 12.1. The van der Waals surface area contributed by atoms with Gasteiger partial charge in [-0.3, -0.25) is 9.59 Å². The summed E-state index contributed by atoms with van der Waals surface area (Å²) >= 11 is 0. The molecule has 196 valence electrons. The van der Waals surface area contributed by atoms with E-state index >= 15 is 0 Å². The Labute approximate surface area is 200 Å². The van der Waals surface area contributed by atoms with Gasteiger partial charge >= 0.3 is 0 Å². The first-order valence-corrected chi connectivity index (χ1v) is 12.1. The van der Waals surface area contributed by atoms with Gasteiger partial charge in [-0.05, 0) is 47.0 Å². The fraction of sp³-hybridized carbons (Fsp3) is 0.917. The van der Waals surface area contributed by atoms with Crippen molar-refractivity contribution in [3.05, 3.63) is 0 Å². The van der Waals surface area contributed by atoms with Gasteiger partial charge in [0.05, 0.1) is 57.5 Å². The predicted octanol–water partition coefficient (Wildman–Crippen LogP) is 2.46. The molecule has 0 aromatic rings. The van der Waals surface area contributed by atoms with Gasteiger partial charge in [-0.25, -0.2) is 0 Å². The monoisotopic (exact) mass is 476 g/mol. The maximum atomic E-state index is 11.5. The molecule has 0 radical (unpaired) electrons. The van der Waals surface area contributed by atoms with E-state index in [0.717, 1.165) is 19.3 Å². The molecule has 0 spiro atoms. The third-order valence-electron chi connectivity index (χ3n) is 4.94. The Balaban J connectivity index is 3.73. The average molecular weight is 477 g/mol. The first-order chi connectivity index (χ1) is 15.6. The number of nitrogens with one attached hydrogen (secondary N) is 2. The van der Waals surface area contributed by atoms with E-state index in [9.17, 15) is 9.59 Å². The molecule has 0 saturated carbocycles. The minimum Gasteiger partial charge on any atom is -0.379 e. The zero-order chi connectivity index (χ0) is 25.0. The van der Waals surface area contributed by atoms with E-state index in [2.05, 4.69) is 24.5 Å². The van der Waals surface area contributed by atoms with Crippen LogP contribution in [0.2, 0.25) is 0 Å². The molecule has 0 aliphatic heterocycles. The molecule has 0 unspecified atom stereocenters. The van der Waals surface area contributed by atoms with Crippen LogP contribution in [-0.4, -0.2) is 89.5 Å². The van der Waals surface area contributed by atoms with Crippen molar-refractivity contribution in [3.8, 4) is 0 Å². The zero-order valence-electron chi connectivity index (χ0n) is 21.8. The summed E-state index contributed by atoms with van der Waals surface area (Å²) in [5.41, 5.74) is -0.613. The quantitative estimate of drug-likeness (QED) is 0.231. The first kappa shape index (κ1) is 31.7.